The maximum absolute atomic E-state index is 13.1. The first-order chi connectivity index (χ1) is 12.8. The predicted molar refractivity (Wildman–Crippen MR) is 89.9 cm³/mol. The molecule has 1 aliphatic heterocycles. The molecule has 27 heavy (non-hydrogen) atoms. The lowest BCUT2D eigenvalue weighted by Crippen LogP contribution is -2.69. The summed E-state index contributed by atoms with van der Waals surface area (Å²) < 4.78 is 44.1. The Kier molecular flexibility index (Phi) is 6.98. The Morgan fingerprint density at radius 1 is 1.26 bits per heavy atom. The number of rotatable bonds is 7. The standard InChI is InChI=1S/C18H21F3N2O4/c1-2-12-26-16(25)17(22-27-13-14-8-4-3-5-9-14)10-6-7-11-23(17)15(24)18(19,20)21/h2-5,8-9,22H,1,6-7,10-13H2/t17-/m1/s1. The number of halogens is 3. The number of carbonyl (C=O) groups is 2. The van der Waals surface area contributed by atoms with Gasteiger partial charge >= 0.3 is 18.1 Å². The number of alkyl halides is 3. The zero-order valence-corrected chi connectivity index (χ0v) is 14.6. The summed E-state index contributed by atoms with van der Waals surface area (Å²) in [6, 6.07) is 8.85. The summed E-state index contributed by atoms with van der Waals surface area (Å²) in [4.78, 5) is 30.3. The van der Waals surface area contributed by atoms with Crippen LogP contribution in [0, 0.1) is 0 Å². The number of ether oxygens (including phenoxy) is 1. The van der Waals surface area contributed by atoms with Gasteiger partial charge < -0.3 is 9.64 Å². The smallest absolute Gasteiger partial charge is 0.459 e. The van der Waals surface area contributed by atoms with E-state index in [0.717, 1.165) is 5.56 Å². The lowest BCUT2D eigenvalue weighted by Gasteiger charge is -2.44. The van der Waals surface area contributed by atoms with Crippen molar-refractivity contribution in [2.75, 3.05) is 13.2 Å². The Morgan fingerprint density at radius 3 is 2.59 bits per heavy atom. The van der Waals surface area contributed by atoms with E-state index in [4.69, 9.17) is 9.57 Å². The summed E-state index contributed by atoms with van der Waals surface area (Å²) in [5.41, 5.74) is 1.08. The first-order valence-corrected chi connectivity index (χ1v) is 8.41. The van der Waals surface area contributed by atoms with Gasteiger partial charge in [-0.2, -0.15) is 18.7 Å². The molecule has 1 aliphatic rings. The molecule has 0 aliphatic carbocycles. The van der Waals surface area contributed by atoms with Crippen molar-refractivity contribution >= 4 is 11.9 Å². The van der Waals surface area contributed by atoms with Gasteiger partial charge in [-0.25, -0.2) is 4.79 Å². The van der Waals surface area contributed by atoms with Gasteiger partial charge in [0.25, 0.3) is 0 Å². The minimum atomic E-state index is -5.12. The van der Waals surface area contributed by atoms with Crippen molar-refractivity contribution in [3.63, 3.8) is 0 Å². The molecule has 1 N–H and O–H groups in total. The van der Waals surface area contributed by atoms with Crippen LogP contribution >= 0.6 is 0 Å². The number of nitrogens with zero attached hydrogens (tertiary/aromatic N) is 1. The van der Waals surface area contributed by atoms with Gasteiger partial charge in [0, 0.05) is 6.54 Å². The van der Waals surface area contributed by atoms with Crippen LogP contribution < -0.4 is 5.48 Å². The second-order valence-electron chi connectivity index (χ2n) is 6.04. The normalized spacial score (nSPS) is 20.2. The summed E-state index contributed by atoms with van der Waals surface area (Å²) in [5.74, 6) is -3.14. The van der Waals surface area contributed by atoms with Gasteiger partial charge in [-0.3, -0.25) is 9.63 Å². The number of nitrogens with one attached hydrogen (secondary N) is 1. The summed E-state index contributed by atoms with van der Waals surface area (Å²) in [7, 11) is 0. The number of likely N-dealkylation sites (tertiary alicyclic amines) is 1. The lowest BCUT2D eigenvalue weighted by atomic mass is 9.95. The van der Waals surface area contributed by atoms with E-state index < -0.39 is 23.7 Å². The molecule has 2 rings (SSSR count). The van der Waals surface area contributed by atoms with E-state index in [2.05, 4.69) is 12.1 Å². The third kappa shape index (κ3) is 5.08. The molecule has 0 radical (unpaired) electrons. The number of benzene rings is 1. The van der Waals surface area contributed by atoms with Crippen LogP contribution in [0.3, 0.4) is 0 Å². The summed E-state index contributed by atoms with van der Waals surface area (Å²) in [5, 5.41) is 0. The van der Waals surface area contributed by atoms with Gasteiger partial charge in [-0.15, -0.1) is 0 Å². The Bertz CT molecular complexity index is 666. The average Bonchev–Trinajstić information content (AvgIpc) is 2.66. The van der Waals surface area contributed by atoms with Crippen LogP contribution in [0.15, 0.2) is 43.0 Å². The Balaban J connectivity index is 2.24. The quantitative estimate of drug-likeness (QED) is 0.443. The molecule has 0 saturated carbocycles. The minimum absolute atomic E-state index is 0.00855. The zero-order chi connectivity index (χ0) is 19.9. The molecule has 1 aromatic rings. The number of hydrogen-bond donors (Lipinski definition) is 1. The third-order valence-electron chi connectivity index (χ3n) is 4.11. The van der Waals surface area contributed by atoms with Crippen LogP contribution in [0.2, 0.25) is 0 Å². The van der Waals surface area contributed by atoms with Gasteiger partial charge in [0.2, 0.25) is 5.66 Å². The van der Waals surface area contributed by atoms with Gasteiger partial charge in [-0.05, 0) is 24.8 Å². The number of amides is 1. The van der Waals surface area contributed by atoms with E-state index in [1.807, 2.05) is 0 Å². The Hall–Kier alpha value is -2.39. The van der Waals surface area contributed by atoms with E-state index in [0.29, 0.717) is 17.7 Å². The predicted octanol–water partition coefficient (Wildman–Crippen LogP) is 2.71. The fraction of sp³-hybridized carbons (Fsp3) is 0.444. The molecule has 0 aromatic heterocycles. The van der Waals surface area contributed by atoms with E-state index in [1.165, 1.54) is 6.08 Å². The molecule has 1 amide bonds. The van der Waals surface area contributed by atoms with Crippen LogP contribution in [-0.4, -0.2) is 41.8 Å². The van der Waals surface area contributed by atoms with E-state index in [1.54, 1.807) is 30.3 Å². The second kappa shape index (κ2) is 9.01. The van der Waals surface area contributed by atoms with E-state index in [-0.39, 0.29) is 26.2 Å². The number of hydroxylamine groups is 1. The monoisotopic (exact) mass is 386 g/mol. The van der Waals surface area contributed by atoms with Crippen LogP contribution in [-0.2, 0) is 25.8 Å². The maximum Gasteiger partial charge on any atom is 0.471 e. The molecule has 0 spiro atoms. The van der Waals surface area contributed by atoms with Crippen LogP contribution in [0.25, 0.3) is 0 Å². The van der Waals surface area contributed by atoms with Crippen LogP contribution in [0.4, 0.5) is 13.2 Å². The van der Waals surface area contributed by atoms with Crippen molar-refractivity contribution in [2.45, 2.75) is 37.7 Å². The van der Waals surface area contributed by atoms with Gasteiger partial charge in [0.15, 0.2) is 0 Å². The van der Waals surface area contributed by atoms with Crippen LogP contribution in [0.5, 0.6) is 0 Å². The highest BCUT2D eigenvalue weighted by Gasteiger charge is 2.56. The highest BCUT2D eigenvalue weighted by atomic mass is 19.4. The van der Waals surface area contributed by atoms with Gasteiger partial charge in [0.05, 0.1) is 6.61 Å². The maximum atomic E-state index is 13.1. The largest absolute Gasteiger partial charge is 0.471 e. The lowest BCUT2D eigenvalue weighted by molar-refractivity contribution is -0.212. The van der Waals surface area contributed by atoms with Crippen molar-refractivity contribution < 1.29 is 32.3 Å². The molecule has 148 valence electrons. The second-order valence-corrected chi connectivity index (χ2v) is 6.04. The molecule has 0 bridgehead atoms. The number of carbonyl (C=O) groups excluding carboxylic acids is 2. The molecular formula is C18H21F3N2O4. The molecule has 6 nitrogen and oxygen atoms in total. The molecule has 0 unspecified atom stereocenters. The van der Waals surface area contributed by atoms with Crippen molar-refractivity contribution in [3.8, 4) is 0 Å². The first-order valence-electron chi connectivity index (χ1n) is 8.41. The van der Waals surface area contributed by atoms with Crippen molar-refractivity contribution in [2.24, 2.45) is 0 Å². The van der Waals surface area contributed by atoms with E-state index in [9.17, 15) is 22.8 Å². The number of piperidine rings is 1. The van der Waals surface area contributed by atoms with E-state index >= 15 is 0 Å². The van der Waals surface area contributed by atoms with Crippen LogP contribution in [0.1, 0.15) is 24.8 Å². The molecule has 1 saturated heterocycles. The SMILES string of the molecule is C=CCOC(=O)[C@@]1(NOCc2ccccc2)CCCCN1C(=O)C(F)(F)F. The number of esters is 1. The molecule has 1 heterocycles. The van der Waals surface area contributed by atoms with Gasteiger partial charge in [-0.1, -0.05) is 43.0 Å². The van der Waals surface area contributed by atoms with Crippen molar-refractivity contribution in [1.29, 1.82) is 0 Å². The molecular weight excluding hydrogens is 365 g/mol. The molecule has 1 aromatic carbocycles. The fourth-order valence-corrected chi connectivity index (χ4v) is 2.83. The van der Waals surface area contributed by atoms with Gasteiger partial charge in [0.1, 0.15) is 6.61 Å². The molecule has 1 fully saturated rings. The Morgan fingerprint density at radius 2 is 1.96 bits per heavy atom. The summed E-state index contributed by atoms with van der Waals surface area (Å²) in [6.45, 7) is 2.95. The van der Waals surface area contributed by atoms with Crippen molar-refractivity contribution in [1.82, 2.24) is 10.4 Å². The zero-order valence-electron chi connectivity index (χ0n) is 14.6. The first kappa shape index (κ1) is 20.9. The average molecular weight is 386 g/mol. The third-order valence-corrected chi connectivity index (χ3v) is 4.11. The highest BCUT2D eigenvalue weighted by Crippen LogP contribution is 2.32. The summed E-state index contributed by atoms with van der Waals surface area (Å²) >= 11 is 0. The minimum Gasteiger partial charge on any atom is -0.459 e. The summed E-state index contributed by atoms with van der Waals surface area (Å²) in [6.07, 6.45) is -3.15. The number of hydrogen-bond acceptors (Lipinski definition) is 5. The topological polar surface area (TPSA) is 67.9 Å². The molecule has 1 atom stereocenters. The highest BCUT2D eigenvalue weighted by molar-refractivity contribution is 5.90. The molecule has 9 heteroatoms. The van der Waals surface area contributed by atoms with Crippen molar-refractivity contribution in [3.05, 3.63) is 48.6 Å². The Labute approximate surface area is 154 Å². The fourth-order valence-electron chi connectivity index (χ4n) is 2.83.